The van der Waals surface area contributed by atoms with E-state index in [-0.39, 0.29) is 36.0 Å². The van der Waals surface area contributed by atoms with Crippen molar-refractivity contribution in [3.63, 3.8) is 0 Å². The molecule has 4 nitrogen and oxygen atoms in total. The van der Waals surface area contributed by atoms with E-state index in [4.69, 9.17) is 4.42 Å². The molecule has 24 heavy (non-hydrogen) atoms. The number of phenolic OH excluding ortho intramolecular Hbond substituents is 1. The van der Waals surface area contributed by atoms with Crippen LogP contribution in [0.1, 0.15) is 42.7 Å². The third-order valence-corrected chi connectivity index (χ3v) is 4.26. The van der Waals surface area contributed by atoms with Gasteiger partial charge in [-0.2, -0.15) is 0 Å². The number of alkyl halides is 2. The lowest BCUT2D eigenvalue weighted by atomic mass is 9.83. The summed E-state index contributed by atoms with van der Waals surface area (Å²) < 4.78 is 45.3. The van der Waals surface area contributed by atoms with Gasteiger partial charge in [0.1, 0.15) is 5.82 Å². The second-order valence-corrected chi connectivity index (χ2v) is 6.22. The van der Waals surface area contributed by atoms with Crippen LogP contribution in [0.3, 0.4) is 0 Å². The molecule has 2 aromatic rings. The van der Waals surface area contributed by atoms with Crippen molar-refractivity contribution in [1.82, 2.24) is 0 Å². The highest BCUT2D eigenvalue weighted by molar-refractivity contribution is 5.95. The van der Waals surface area contributed by atoms with E-state index in [2.05, 4.69) is 0 Å². The van der Waals surface area contributed by atoms with Crippen LogP contribution in [-0.2, 0) is 0 Å². The standard InChI is InChI=1S/C17H15F3O4/c18-10-5-11-12(21)7-15(24-16(11)14(23)6-10)13(22)4-9-2-1-3-17(19,20)8-9/h5-7,9,23H,1-4,8H2. The Labute approximate surface area is 134 Å². The second kappa shape index (κ2) is 5.96. The van der Waals surface area contributed by atoms with Gasteiger partial charge in [-0.15, -0.1) is 0 Å². The number of aromatic hydroxyl groups is 1. The van der Waals surface area contributed by atoms with Crippen LogP contribution < -0.4 is 5.43 Å². The predicted molar refractivity (Wildman–Crippen MR) is 80.0 cm³/mol. The van der Waals surface area contributed by atoms with Crippen molar-refractivity contribution in [2.45, 2.75) is 38.0 Å². The van der Waals surface area contributed by atoms with Gasteiger partial charge in [0.2, 0.25) is 5.92 Å². The van der Waals surface area contributed by atoms with E-state index in [1.807, 2.05) is 0 Å². The van der Waals surface area contributed by atoms with E-state index in [1.54, 1.807) is 0 Å². The first-order valence-corrected chi connectivity index (χ1v) is 7.62. The molecule has 1 unspecified atom stereocenters. The summed E-state index contributed by atoms with van der Waals surface area (Å²) in [6.45, 7) is 0. The summed E-state index contributed by atoms with van der Waals surface area (Å²) in [5.74, 6) is -5.56. The molecule has 0 saturated heterocycles. The van der Waals surface area contributed by atoms with Crippen molar-refractivity contribution >= 4 is 16.8 Å². The molecule has 1 aliphatic carbocycles. The molecule has 0 radical (unpaired) electrons. The van der Waals surface area contributed by atoms with Crippen molar-refractivity contribution < 1.29 is 27.5 Å². The topological polar surface area (TPSA) is 67.5 Å². The first-order valence-electron chi connectivity index (χ1n) is 7.62. The molecule has 1 aromatic carbocycles. The number of fused-ring (bicyclic) bond motifs is 1. The Morgan fingerprint density at radius 2 is 2.08 bits per heavy atom. The molecule has 1 aliphatic rings. The summed E-state index contributed by atoms with van der Waals surface area (Å²) in [5, 5.41) is 9.50. The zero-order chi connectivity index (χ0) is 17.5. The molecule has 0 amide bonds. The van der Waals surface area contributed by atoms with Gasteiger partial charge in [0.15, 0.2) is 28.3 Å². The van der Waals surface area contributed by atoms with Gasteiger partial charge in [0, 0.05) is 31.4 Å². The van der Waals surface area contributed by atoms with E-state index in [0.29, 0.717) is 12.8 Å². The first kappa shape index (κ1) is 16.5. The summed E-state index contributed by atoms with van der Waals surface area (Å²) in [6, 6.07) is 2.57. The highest BCUT2D eigenvalue weighted by Gasteiger charge is 2.37. The molecule has 1 fully saturated rings. The summed E-state index contributed by atoms with van der Waals surface area (Å²) in [6.07, 6.45) is 0.142. The van der Waals surface area contributed by atoms with E-state index in [0.717, 1.165) is 18.2 Å². The Kier molecular flexibility index (Phi) is 4.11. The fourth-order valence-electron chi connectivity index (χ4n) is 3.16. The van der Waals surface area contributed by atoms with E-state index < -0.39 is 34.6 Å². The molecule has 1 atom stereocenters. The third kappa shape index (κ3) is 3.29. The zero-order valence-corrected chi connectivity index (χ0v) is 12.7. The van der Waals surface area contributed by atoms with Crippen LogP contribution in [0.5, 0.6) is 5.75 Å². The predicted octanol–water partition coefficient (Wildman–Crippen LogP) is 4.04. The smallest absolute Gasteiger partial charge is 0.248 e. The molecule has 0 aliphatic heterocycles. The van der Waals surface area contributed by atoms with Gasteiger partial charge in [0.25, 0.3) is 0 Å². The molecule has 1 heterocycles. The maximum atomic E-state index is 13.4. The zero-order valence-electron chi connectivity index (χ0n) is 12.7. The second-order valence-electron chi connectivity index (χ2n) is 6.22. The lowest BCUT2D eigenvalue weighted by Gasteiger charge is -2.28. The van der Waals surface area contributed by atoms with Crippen LogP contribution in [0.2, 0.25) is 0 Å². The first-order chi connectivity index (χ1) is 11.2. The highest BCUT2D eigenvalue weighted by atomic mass is 19.3. The number of carbonyl (C=O) groups excluding carboxylic acids is 1. The van der Waals surface area contributed by atoms with Crippen LogP contribution in [0.4, 0.5) is 13.2 Å². The van der Waals surface area contributed by atoms with Crippen LogP contribution in [-0.4, -0.2) is 16.8 Å². The molecular formula is C17H15F3O4. The molecule has 7 heteroatoms. The minimum absolute atomic E-state index is 0.161. The Balaban J connectivity index is 1.89. The van der Waals surface area contributed by atoms with Gasteiger partial charge in [-0.1, -0.05) is 0 Å². The van der Waals surface area contributed by atoms with Crippen molar-refractivity contribution in [1.29, 1.82) is 0 Å². The molecule has 1 N–H and O–H groups in total. The van der Waals surface area contributed by atoms with Crippen molar-refractivity contribution in [3.8, 4) is 5.75 Å². The van der Waals surface area contributed by atoms with E-state index in [1.165, 1.54) is 0 Å². The average Bonchev–Trinajstić information content (AvgIpc) is 2.47. The highest BCUT2D eigenvalue weighted by Crippen LogP contribution is 2.38. The maximum absolute atomic E-state index is 13.4. The summed E-state index contributed by atoms with van der Waals surface area (Å²) >= 11 is 0. The number of phenols is 1. The SMILES string of the molecule is O=C(CC1CCCC(F)(F)C1)c1cc(=O)c2cc(F)cc(O)c2o1. The minimum atomic E-state index is -2.77. The number of hydrogen-bond acceptors (Lipinski definition) is 4. The van der Waals surface area contributed by atoms with Gasteiger partial charge in [-0.3, -0.25) is 9.59 Å². The van der Waals surface area contributed by atoms with Crippen molar-refractivity contribution in [2.75, 3.05) is 0 Å². The number of benzene rings is 1. The van der Waals surface area contributed by atoms with Gasteiger partial charge in [-0.25, -0.2) is 13.2 Å². The molecule has 1 saturated carbocycles. The number of rotatable bonds is 3. The number of Topliss-reactive ketones (excluding diaryl/α,β-unsaturated/α-hetero) is 1. The largest absolute Gasteiger partial charge is 0.504 e. The molecule has 1 aromatic heterocycles. The normalized spacial score (nSPS) is 20.2. The summed E-state index contributed by atoms with van der Waals surface area (Å²) in [4.78, 5) is 24.3. The Bertz CT molecular complexity index is 857. The molecule has 0 bridgehead atoms. The van der Waals surface area contributed by atoms with E-state index >= 15 is 0 Å². The average molecular weight is 340 g/mol. The van der Waals surface area contributed by atoms with Crippen LogP contribution >= 0.6 is 0 Å². The third-order valence-electron chi connectivity index (χ3n) is 4.26. The lowest BCUT2D eigenvalue weighted by molar-refractivity contribution is -0.0522. The number of carbonyl (C=O) groups is 1. The maximum Gasteiger partial charge on any atom is 0.248 e. The fraction of sp³-hybridized carbons (Fsp3) is 0.412. The Morgan fingerprint density at radius 1 is 1.33 bits per heavy atom. The Hall–Kier alpha value is -2.31. The number of halogens is 3. The number of hydrogen-bond donors (Lipinski definition) is 1. The van der Waals surface area contributed by atoms with Crippen LogP contribution in [0, 0.1) is 11.7 Å². The molecule has 128 valence electrons. The molecular weight excluding hydrogens is 325 g/mol. The van der Waals surface area contributed by atoms with Gasteiger partial charge in [-0.05, 0) is 24.8 Å². The van der Waals surface area contributed by atoms with Crippen molar-refractivity contribution in [2.24, 2.45) is 5.92 Å². The van der Waals surface area contributed by atoms with Crippen LogP contribution in [0.25, 0.3) is 11.0 Å². The van der Waals surface area contributed by atoms with Crippen LogP contribution in [0.15, 0.2) is 27.4 Å². The van der Waals surface area contributed by atoms with E-state index in [9.17, 15) is 27.9 Å². The summed E-state index contributed by atoms with van der Waals surface area (Å²) in [5.41, 5.74) is -0.968. The van der Waals surface area contributed by atoms with Gasteiger partial charge < -0.3 is 9.52 Å². The van der Waals surface area contributed by atoms with Gasteiger partial charge in [0.05, 0.1) is 5.39 Å². The lowest BCUT2D eigenvalue weighted by Crippen LogP contribution is -2.27. The minimum Gasteiger partial charge on any atom is -0.504 e. The summed E-state index contributed by atoms with van der Waals surface area (Å²) in [7, 11) is 0. The quantitative estimate of drug-likeness (QED) is 0.857. The molecule has 3 rings (SSSR count). The Morgan fingerprint density at radius 3 is 2.79 bits per heavy atom. The monoisotopic (exact) mass is 340 g/mol. The molecule has 0 spiro atoms. The number of ketones is 1. The van der Waals surface area contributed by atoms with Crippen molar-refractivity contribution in [3.05, 3.63) is 40.0 Å². The van der Waals surface area contributed by atoms with Gasteiger partial charge >= 0.3 is 0 Å². The fourth-order valence-corrected chi connectivity index (χ4v) is 3.16.